The van der Waals surface area contributed by atoms with E-state index in [-0.39, 0.29) is 11.7 Å². The van der Waals surface area contributed by atoms with E-state index >= 15 is 0 Å². The average molecular weight is 311 g/mol. The fraction of sp³-hybridized carbons (Fsp3) is 0.167. The summed E-state index contributed by atoms with van der Waals surface area (Å²) in [6.45, 7) is 2.47. The molecule has 6 heteroatoms. The molecule has 0 spiro atoms. The number of halogens is 1. The van der Waals surface area contributed by atoms with E-state index in [1.165, 1.54) is 6.20 Å². The Kier molecular flexibility index (Phi) is 3.66. The van der Waals surface area contributed by atoms with Gasteiger partial charge in [-0.05, 0) is 35.0 Å². The SMILES string of the molecule is CCn1cc(C(=O)O)nc1Oc1ccccc1Br. The zero-order chi connectivity index (χ0) is 13.1. The van der Waals surface area contributed by atoms with Gasteiger partial charge in [0.25, 0.3) is 0 Å². The highest BCUT2D eigenvalue weighted by Crippen LogP contribution is 2.28. The molecule has 0 fully saturated rings. The molecule has 1 N–H and O–H groups in total. The molecule has 0 radical (unpaired) electrons. The number of carboxylic acid groups (broad SMARTS) is 1. The van der Waals surface area contributed by atoms with E-state index in [0.29, 0.717) is 12.3 Å². The molecule has 1 heterocycles. The van der Waals surface area contributed by atoms with Gasteiger partial charge in [-0.1, -0.05) is 12.1 Å². The lowest BCUT2D eigenvalue weighted by molar-refractivity contribution is 0.0690. The van der Waals surface area contributed by atoms with Crippen LogP contribution in [-0.2, 0) is 6.54 Å². The zero-order valence-electron chi connectivity index (χ0n) is 9.63. The van der Waals surface area contributed by atoms with E-state index in [4.69, 9.17) is 9.84 Å². The third-order valence-electron chi connectivity index (χ3n) is 2.34. The second-order valence-corrected chi connectivity index (χ2v) is 4.39. The third-order valence-corrected chi connectivity index (χ3v) is 2.99. The molecule has 0 aliphatic carbocycles. The molecule has 2 rings (SSSR count). The Balaban J connectivity index is 2.34. The van der Waals surface area contributed by atoms with Gasteiger partial charge in [0.15, 0.2) is 5.69 Å². The summed E-state index contributed by atoms with van der Waals surface area (Å²) < 4.78 is 8.03. The fourth-order valence-electron chi connectivity index (χ4n) is 1.44. The number of para-hydroxylation sites is 1. The van der Waals surface area contributed by atoms with Crippen molar-refractivity contribution >= 4 is 21.9 Å². The second-order valence-electron chi connectivity index (χ2n) is 3.53. The average Bonchev–Trinajstić information content (AvgIpc) is 2.75. The van der Waals surface area contributed by atoms with Gasteiger partial charge in [0.1, 0.15) is 5.75 Å². The normalized spacial score (nSPS) is 10.3. The lowest BCUT2D eigenvalue weighted by atomic mass is 10.3. The van der Waals surface area contributed by atoms with Crippen molar-refractivity contribution in [3.8, 4) is 11.8 Å². The van der Waals surface area contributed by atoms with Crippen LogP contribution in [0.3, 0.4) is 0 Å². The standard InChI is InChI=1S/C12H11BrN2O3/c1-2-15-7-9(11(16)17)14-12(15)18-10-6-4-3-5-8(10)13/h3-7H,2H2,1H3,(H,16,17). The topological polar surface area (TPSA) is 64.4 Å². The molecule has 0 bridgehead atoms. The molecule has 0 saturated heterocycles. The van der Waals surface area contributed by atoms with Gasteiger partial charge < -0.3 is 14.4 Å². The monoisotopic (exact) mass is 310 g/mol. The number of carboxylic acids is 1. The molecule has 5 nitrogen and oxygen atoms in total. The number of aromatic nitrogens is 2. The van der Waals surface area contributed by atoms with Crippen LogP contribution < -0.4 is 4.74 Å². The Morgan fingerprint density at radius 2 is 2.22 bits per heavy atom. The number of hydrogen-bond donors (Lipinski definition) is 1. The molecule has 0 atom stereocenters. The summed E-state index contributed by atoms with van der Waals surface area (Å²) in [6.07, 6.45) is 1.45. The van der Waals surface area contributed by atoms with E-state index in [2.05, 4.69) is 20.9 Å². The van der Waals surface area contributed by atoms with Gasteiger partial charge in [-0.2, -0.15) is 4.98 Å². The summed E-state index contributed by atoms with van der Waals surface area (Å²) in [4.78, 5) is 14.8. The van der Waals surface area contributed by atoms with Crippen molar-refractivity contribution in [1.82, 2.24) is 9.55 Å². The molecule has 0 aliphatic heterocycles. The largest absolute Gasteiger partial charge is 0.476 e. The summed E-state index contributed by atoms with van der Waals surface area (Å²) >= 11 is 3.36. The van der Waals surface area contributed by atoms with Gasteiger partial charge in [0.05, 0.1) is 4.47 Å². The van der Waals surface area contributed by atoms with Crippen LogP contribution in [0.5, 0.6) is 11.8 Å². The number of benzene rings is 1. The number of carbonyl (C=O) groups is 1. The highest BCUT2D eigenvalue weighted by molar-refractivity contribution is 9.10. The summed E-state index contributed by atoms with van der Waals surface area (Å²) in [5.74, 6) is -0.478. The molecular formula is C12H11BrN2O3. The lowest BCUT2D eigenvalue weighted by Crippen LogP contribution is -1.97. The van der Waals surface area contributed by atoms with Crippen LogP contribution in [0.15, 0.2) is 34.9 Å². The van der Waals surface area contributed by atoms with Crippen molar-refractivity contribution in [1.29, 1.82) is 0 Å². The van der Waals surface area contributed by atoms with Crippen molar-refractivity contribution in [2.24, 2.45) is 0 Å². The number of nitrogens with zero attached hydrogens (tertiary/aromatic N) is 2. The first kappa shape index (κ1) is 12.6. The van der Waals surface area contributed by atoms with Gasteiger partial charge in [0, 0.05) is 12.7 Å². The molecule has 0 saturated carbocycles. The molecule has 18 heavy (non-hydrogen) atoms. The maximum atomic E-state index is 10.9. The van der Waals surface area contributed by atoms with Crippen molar-refractivity contribution in [2.45, 2.75) is 13.5 Å². The van der Waals surface area contributed by atoms with E-state index in [1.807, 2.05) is 25.1 Å². The number of imidazole rings is 1. The number of aromatic carboxylic acids is 1. The molecule has 1 aromatic carbocycles. The number of ether oxygens (including phenoxy) is 1. The molecular weight excluding hydrogens is 300 g/mol. The first-order valence-electron chi connectivity index (χ1n) is 5.34. The Morgan fingerprint density at radius 3 is 2.83 bits per heavy atom. The van der Waals surface area contributed by atoms with E-state index in [9.17, 15) is 4.79 Å². The third kappa shape index (κ3) is 2.53. The highest BCUT2D eigenvalue weighted by Gasteiger charge is 2.14. The molecule has 0 unspecified atom stereocenters. The summed E-state index contributed by atoms with van der Waals surface area (Å²) in [7, 11) is 0. The van der Waals surface area contributed by atoms with Crippen LogP contribution in [-0.4, -0.2) is 20.6 Å². The van der Waals surface area contributed by atoms with Crippen LogP contribution in [0.2, 0.25) is 0 Å². The molecule has 0 aliphatic rings. The smallest absolute Gasteiger partial charge is 0.356 e. The first-order valence-corrected chi connectivity index (χ1v) is 6.14. The maximum absolute atomic E-state index is 10.9. The minimum atomic E-state index is -1.07. The summed E-state index contributed by atoms with van der Waals surface area (Å²) in [6, 6.07) is 7.58. The van der Waals surface area contributed by atoms with Crippen molar-refractivity contribution in [3.63, 3.8) is 0 Å². The predicted molar refractivity (Wildman–Crippen MR) is 69.1 cm³/mol. The van der Waals surface area contributed by atoms with Crippen molar-refractivity contribution < 1.29 is 14.6 Å². The van der Waals surface area contributed by atoms with Gasteiger partial charge in [-0.15, -0.1) is 0 Å². The van der Waals surface area contributed by atoms with Gasteiger partial charge in [-0.3, -0.25) is 0 Å². The molecule has 2 aromatic rings. The molecule has 94 valence electrons. The van der Waals surface area contributed by atoms with E-state index < -0.39 is 5.97 Å². The Hall–Kier alpha value is -1.82. The minimum Gasteiger partial charge on any atom is -0.476 e. The van der Waals surface area contributed by atoms with Crippen LogP contribution >= 0.6 is 15.9 Å². The van der Waals surface area contributed by atoms with Crippen LogP contribution in [0.1, 0.15) is 17.4 Å². The van der Waals surface area contributed by atoms with Crippen molar-refractivity contribution in [3.05, 3.63) is 40.6 Å². The Labute approximate surface area is 112 Å². The summed E-state index contributed by atoms with van der Waals surface area (Å²) in [5, 5.41) is 8.90. The maximum Gasteiger partial charge on any atom is 0.356 e. The lowest BCUT2D eigenvalue weighted by Gasteiger charge is -2.07. The number of rotatable bonds is 4. The van der Waals surface area contributed by atoms with Gasteiger partial charge in [0.2, 0.25) is 0 Å². The molecule has 1 aromatic heterocycles. The zero-order valence-corrected chi connectivity index (χ0v) is 11.2. The first-order chi connectivity index (χ1) is 8.61. The summed E-state index contributed by atoms with van der Waals surface area (Å²) in [5.41, 5.74) is -0.0288. The van der Waals surface area contributed by atoms with Gasteiger partial charge >= 0.3 is 12.0 Å². The minimum absolute atomic E-state index is 0.0288. The Morgan fingerprint density at radius 1 is 1.50 bits per heavy atom. The number of aryl methyl sites for hydroxylation is 1. The van der Waals surface area contributed by atoms with Gasteiger partial charge in [-0.25, -0.2) is 4.79 Å². The number of hydrogen-bond acceptors (Lipinski definition) is 3. The highest BCUT2D eigenvalue weighted by atomic mass is 79.9. The van der Waals surface area contributed by atoms with E-state index in [0.717, 1.165) is 4.47 Å². The second kappa shape index (κ2) is 5.22. The van der Waals surface area contributed by atoms with Crippen LogP contribution in [0, 0.1) is 0 Å². The van der Waals surface area contributed by atoms with Crippen molar-refractivity contribution in [2.75, 3.05) is 0 Å². The van der Waals surface area contributed by atoms with E-state index in [1.54, 1.807) is 10.6 Å². The quantitative estimate of drug-likeness (QED) is 0.942. The Bertz CT molecular complexity index is 580. The predicted octanol–water partition coefficient (Wildman–Crippen LogP) is 3.16. The van der Waals surface area contributed by atoms with Crippen LogP contribution in [0.4, 0.5) is 0 Å². The fourth-order valence-corrected chi connectivity index (χ4v) is 1.80. The molecule has 0 amide bonds. The van der Waals surface area contributed by atoms with Crippen LogP contribution in [0.25, 0.3) is 0 Å².